The summed E-state index contributed by atoms with van der Waals surface area (Å²) in [5, 5.41) is 0. The summed E-state index contributed by atoms with van der Waals surface area (Å²) in [6.07, 6.45) is 2.47. The highest BCUT2D eigenvalue weighted by Crippen LogP contribution is 2.21. The molecule has 1 heterocycles. The predicted molar refractivity (Wildman–Crippen MR) is 71.3 cm³/mol. The van der Waals surface area contributed by atoms with Gasteiger partial charge in [0, 0.05) is 12.1 Å². The van der Waals surface area contributed by atoms with Gasteiger partial charge in [-0.15, -0.1) is 0 Å². The second kappa shape index (κ2) is 5.88. The Balaban J connectivity index is 2.06. The molecule has 1 fully saturated rings. The molecule has 1 aromatic rings. The van der Waals surface area contributed by atoms with E-state index in [0.29, 0.717) is 18.5 Å². The lowest BCUT2D eigenvalue weighted by Crippen LogP contribution is -2.38. The summed E-state index contributed by atoms with van der Waals surface area (Å²) >= 11 is 0. The van der Waals surface area contributed by atoms with Gasteiger partial charge in [-0.25, -0.2) is 4.39 Å². The number of amides is 1. The summed E-state index contributed by atoms with van der Waals surface area (Å²) in [6, 6.07) is 5.04. The lowest BCUT2D eigenvalue weighted by Gasteiger charge is -2.24. The zero-order valence-corrected chi connectivity index (χ0v) is 11.9. The van der Waals surface area contributed by atoms with E-state index in [0.717, 1.165) is 12.7 Å². The van der Waals surface area contributed by atoms with E-state index in [1.54, 1.807) is 4.90 Å². The van der Waals surface area contributed by atoms with Crippen molar-refractivity contribution >= 4 is 16.0 Å². The first kappa shape index (κ1) is 14.9. The van der Waals surface area contributed by atoms with E-state index < -0.39 is 15.9 Å². The Morgan fingerprint density at radius 2 is 2.05 bits per heavy atom. The van der Waals surface area contributed by atoms with Crippen LogP contribution in [0.5, 0.6) is 0 Å². The van der Waals surface area contributed by atoms with E-state index in [4.69, 9.17) is 4.18 Å². The van der Waals surface area contributed by atoms with Crippen LogP contribution in [-0.4, -0.2) is 44.7 Å². The van der Waals surface area contributed by atoms with E-state index >= 15 is 0 Å². The molecule has 0 N–H and O–H groups in total. The normalized spacial score (nSPS) is 19.3. The molecular formula is C13H16FNO4S. The molecule has 0 aliphatic carbocycles. The van der Waals surface area contributed by atoms with Crippen molar-refractivity contribution in [2.75, 3.05) is 19.4 Å². The first-order chi connectivity index (χ1) is 9.37. The summed E-state index contributed by atoms with van der Waals surface area (Å²) in [5.41, 5.74) is 0.387. The van der Waals surface area contributed by atoms with E-state index in [-0.39, 0.29) is 18.6 Å². The maximum Gasteiger partial charge on any atom is 0.264 e. The molecule has 0 bridgehead atoms. The van der Waals surface area contributed by atoms with Gasteiger partial charge >= 0.3 is 0 Å². The number of benzene rings is 1. The van der Waals surface area contributed by atoms with Crippen LogP contribution < -0.4 is 0 Å². The van der Waals surface area contributed by atoms with Gasteiger partial charge < -0.3 is 4.90 Å². The molecule has 1 aliphatic rings. The van der Waals surface area contributed by atoms with Crippen LogP contribution in [0.4, 0.5) is 4.39 Å². The standard InChI is InChI=1S/C13H16FNO4S/c1-20(17,18)19-9-12-3-2-8-15(12)13(16)10-4-6-11(14)7-5-10/h4-7,12H,2-3,8-9H2,1H3/t12-/m0/s1. The minimum absolute atomic E-state index is 0.0359. The van der Waals surface area contributed by atoms with Crippen LogP contribution in [0.15, 0.2) is 24.3 Å². The Bertz CT molecular complexity index is 585. The summed E-state index contributed by atoms with van der Waals surface area (Å²) in [6.45, 7) is 0.514. The Labute approximate surface area is 117 Å². The van der Waals surface area contributed by atoms with E-state index in [1.807, 2.05) is 0 Å². The van der Waals surface area contributed by atoms with Crippen molar-refractivity contribution in [3.05, 3.63) is 35.6 Å². The number of carbonyl (C=O) groups excluding carboxylic acids is 1. The fourth-order valence-corrected chi connectivity index (χ4v) is 2.64. The van der Waals surface area contributed by atoms with Crippen LogP contribution in [0.1, 0.15) is 23.2 Å². The Hall–Kier alpha value is -1.47. The number of hydrogen-bond donors (Lipinski definition) is 0. The third kappa shape index (κ3) is 3.77. The van der Waals surface area contributed by atoms with Crippen molar-refractivity contribution in [3.8, 4) is 0 Å². The molecule has 2 rings (SSSR count). The Morgan fingerprint density at radius 1 is 1.40 bits per heavy atom. The maximum absolute atomic E-state index is 12.8. The number of hydrogen-bond acceptors (Lipinski definition) is 4. The van der Waals surface area contributed by atoms with Gasteiger partial charge in [-0.1, -0.05) is 0 Å². The predicted octanol–water partition coefficient (Wildman–Crippen LogP) is 1.41. The summed E-state index contributed by atoms with van der Waals surface area (Å²) in [7, 11) is -3.52. The van der Waals surface area contributed by atoms with E-state index in [1.165, 1.54) is 24.3 Å². The molecule has 0 aromatic heterocycles. The number of carbonyl (C=O) groups is 1. The summed E-state index contributed by atoms with van der Waals surface area (Å²) in [5.74, 6) is -0.635. The molecule has 110 valence electrons. The van der Waals surface area contributed by atoms with Crippen LogP contribution in [0.25, 0.3) is 0 Å². The van der Waals surface area contributed by atoms with Gasteiger partial charge in [0.25, 0.3) is 16.0 Å². The van der Waals surface area contributed by atoms with Crippen LogP contribution in [-0.2, 0) is 14.3 Å². The van der Waals surface area contributed by atoms with Crippen molar-refractivity contribution in [2.45, 2.75) is 18.9 Å². The third-order valence-corrected chi connectivity index (χ3v) is 3.77. The van der Waals surface area contributed by atoms with Gasteiger partial charge in [-0.3, -0.25) is 8.98 Å². The molecule has 1 amide bonds. The molecule has 1 saturated heterocycles. The molecule has 20 heavy (non-hydrogen) atoms. The Morgan fingerprint density at radius 3 is 2.65 bits per heavy atom. The quantitative estimate of drug-likeness (QED) is 0.789. The maximum atomic E-state index is 12.8. The van der Waals surface area contributed by atoms with Gasteiger partial charge in [-0.05, 0) is 37.1 Å². The number of halogens is 1. The van der Waals surface area contributed by atoms with Crippen molar-refractivity contribution in [1.82, 2.24) is 4.90 Å². The lowest BCUT2D eigenvalue weighted by atomic mass is 10.1. The molecule has 1 atom stereocenters. The Kier molecular flexibility index (Phi) is 4.39. The monoisotopic (exact) mass is 301 g/mol. The minimum Gasteiger partial charge on any atom is -0.333 e. The van der Waals surface area contributed by atoms with Crippen LogP contribution >= 0.6 is 0 Å². The fraction of sp³-hybridized carbons (Fsp3) is 0.462. The molecule has 0 radical (unpaired) electrons. The van der Waals surface area contributed by atoms with Gasteiger partial charge in [0.1, 0.15) is 5.82 Å². The highest BCUT2D eigenvalue weighted by Gasteiger charge is 2.30. The molecule has 1 aliphatic heterocycles. The van der Waals surface area contributed by atoms with Gasteiger partial charge in [-0.2, -0.15) is 8.42 Å². The van der Waals surface area contributed by atoms with Crippen molar-refractivity contribution in [3.63, 3.8) is 0 Å². The molecule has 0 spiro atoms. The van der Waals surface area contributed by atoms with Crippen LogP contribution in [0.2, 0.25) is 0 Å². The highest BCUT2D eigenvalue weighted by molar-refractivity contribution is 7.85. The first-order valence-electron chi connectivity index (χ1n) is 6.28. The van der Waals surface area contributed by atoms with Crippen molar-refractivity contribution < 1.29 is 21.8 Å². The third-order valence-electron chi connectivity index (χ3n) is 3.20. The average molecular weight is 301 g/mol. The summed E-state index contributed by atoms with van der Waals surface area (Å²) < 4.78 is 39.6. The topological polar surface area (TPSA) is 63.7 Å². The second-order valence-electron chi connectivity index (χ2n) is 4.79. The second-order valence-corrected chi connectivity index (χ2v) is 6.43. The fourth-order valence-electron chi connectivity index (χ4n) is 2.24. The highest BCUT2D eigenvalue weighted by atomic mass is 32.2. The lowest BCUT2D eigenvalue weighted by molar-refractivity contribution is 0.0694. The van der Waals surface area contributed by atoms with Gasteiger partial charge in [0.05, 0.1) is 18.9 Å². The van der Waals surface area contributed by atoms with Crippen LogP contribution in [0, 0.1) is 5.82 Å². The van der Waals surface area contributed by atoms with Crippen molar-refractivity contribution in [2.24, 2.45) is 0 Å². The van der Waals surface area contributed by atoms with Gasteiger partial charge in [0.15, 0.2) is 0 Å². The first-order valence-corrected chi connectivity index (χ1v) is 8.09. The van der Waals surface area contributed by atoms with E-state index in [9.17, 15) is 17.6 Å². The number of nitrogens with zero attached hydrogens (tertiary/aromatic N) is 1. The number of likely N-dealkylation sites (tertiary alicyclic amines) is 1. The molecule has 7 heteroatoms. The minimum atomic E-state index is -3.52. The smallest absolute Gasteiger partial charge is 0.264 e. The molecule has 0 saturated carbocycles. The number of rotatable bonds is 4. The zero-order valence-electron chi connectivity index (χ0n) is 11.1. The molecule has 1 aromatic carbocycles. The average Bonchev–Trinajstić information content (AvgIpc) is 2.84. The molecule has 0 unspecified atom stereocenters. The van der Waals surface area contributed by atoms with E-state index in [2.05, 4.69) is 0 Å². The molecular weight excluding hydrogens is 285 g/mol. The SMILES string of the molecule is CS(=O)(=O)OC[C@@H]1CCCN1C(=O)c1ccc(F)cc1. The van der Waals surface area contributed by atoms with Crippen molar-refractivity contribution in [1.29, 1.82) is 0 Å². The molecule has 5 nitrogen and oxygen atoms in total. The van der Waals surface area contributed by atoms with Gasteiger partial charge in [0.2, 0.25) is 0 Å². The summed E-state index contributed by atoms with van der Waals surface area (Å²) in [4.78, 5) is 13.9. The zero-order chi connectivity index (χ0) is 14.8. The van der Waals surface area contributed by atoms with Crippen LogP contribution in [0.3, 0.4) is 0 Å². The largest absolute Gasteiger partial charge is 0.333 e.